The number of nitrogens with one attached hydrogen (secondary N) is 1. The first-order chi connectivity index (χ1) is 9.35. The zero-order valence-electron chi connectivity index (χ0n) is 10.5. The van der Waals surface area contributed by atoms with Crippen molar-refractivity contribution in [2.45, 2.75) is 0 Å². The first-order valence-electron chi connectivity index (χ1n) is 5.98. The van der Waals surface area contributed by atoms with Gasteiger partial charge in [0, 0.05) is 11.5 Å². The first-order valence-corrected chi connectivity index (χ1v) is 5.98. The van der Waals surface area contributed by atoms with E-state index in [9.17, 15) is 0 Å². The molecule has 3 aromatic rings. The van der Waals surface area contributed by atoms with Crippen molar-refractivity contribution in [3.05, 3.63) is 54.7 Å². The Hall–Kier alpha value is -2.62. The molecule has 4 nitrogen and oxygen atoms in total. The van der Waals surface area contributed by atoms with E-state index in [0.29, 0.717) is 5.88 Å². The lowest BCUT2D eigenvalue weighted by molar-refractivity contribution is 0.398. The third-order valence-corrected chi connectivity index (χ3v) is 2.80. The number of ether oxygens (including phenoxy) is 1. The normalized spacial score (nSPS) is 10.4. The summed E-state index contributed by atoms with van der Waals surface area (Å²) in [5, 5.41) is 4.31. The molecule has 4 heteroatoms. The number of pyridine rings is 2. The Morgan fingerprint density at radius 2 is 1.95 bits per heavy atom. The monoisotopic (exact) mass is 251 g/mol. The topological polar surface area (TPSA) is 47.0 Å². The van der Waals surface area contributed by atoms with Crippen LogP contribution in [0.5, 0.6) is 5.88 Å². The molecule has 0 aliphatic heterocycles. The van der Waals surface area contributed by atoms with Crippen LogP contribution >= 0.6 is 0 Å². The minimum Gasteiger partial charge on any atom is -0.481 e. The average molecular weight is 251 g/mol. The van der Waals surface area contributed by atoms with Gasteiger partial charge in [-0.05, 0) is 18.2 Å². The van der Waals surface area contributed by atoms with Crippen LogP contribution in [-0.4, -0.2) is 17.1 Å². The number of aromatic nitrogens is 2. The van der Waals surface area contributed by atoms with Gasteiger partial charge in [-0.2, -0.15) is 4.98 Å². The van der Waals surface area contributed by atoms with Crippen LogP contribution in [0.25, 0.3) is 10.9 Å². The highest BCUT2D eigenvalue weighted by atomic mass is 16.5. The highest BCUT2D eigenvalue weighted by Gasteiger charge is 2.00. The van der Waals surface area contributed by atoms with Gasteiger partial charge in [0.05, 0.1) is 24.5 Å². The second-order valence-corrected chi connectivity index (χ2v) is 4.11. The third-order valence-electron chi connectivity index (χ3n) is 2.80. The fraction of sp³-hybridized carbons (Fsp3) is 0.0667. The molecule has 0 aliphatic rings. The smallest absolute Gasteiger partial charge is 0.214 e. The first kappa shape index (κ1) is 11.5. The van der Waals surface area contributed by atoms with E-state index in [1.165, 1.54) is 0 Å². The summed E-state index contributed by atoms with van der Waals surface area (Å²) in [4.78, 5) is 8.70. The van der Waals surface area contributed by atoms with E-state index in [4.69, 9.17) is 4.74 Å². The highest BCUT2D eigenvalue weighted by molar-refractivity contribution is 5.82. The lowest BCUT2D eigenvalue weighted by Gasteiger charge is -2.07. The summed E-state index contributed by atoms with van der Waals surface area (Å²) in [6.07, 6.45) is 1.80. The Balaban J connectivity index is 1.92. The number of rotatable bonds is 3. The molecule has 1 N–H and O–H groups in total. The van der Waals surface area contributed by atoms with Gasteiger partial charge in [0.25, 0.3) is 0 Å². The Labute approximate surface area is 111 Å². The number of hydrogen-bond acceptors (Lipinski definition) is 4. The van der Waals surface area contributed by atoms with Crippen LogP contribution in [0.15, 0.2) is 54.7 Å². The summed E-state index contributed by atoms with van der Waals surface area (Å²) in [6, 6.07) is 15.6. The lowest BCUT2D eigenvalue weighted by atomic mass is 10.2. The molecule has 0 amide bonds. The molecule has 94 valence electrons. The molecule has 2 aromatic heterocycles. The van der Waals surface area contributed by atoms with Crippen LogP contribution in [0, 0.1) is 0 Å². The van der Waals surface area contributed by atoms with Gasteiger partial charge in [-0.3, -0.25) is 4.98 Å². The molecule has 3 rings (SSSR count). The summed E-state index contributed by atoms with van der Waals surface area (Å²) in [7, 11) is 1.60. The Kier molecular flexibility index (Phi) is 2.98. The summed E-state index contributed by atoms with van der Waals surface area (Å²) in [5.41, 5.74) is 1.88. The van der Waals surface area contributed by atoms with E-state index in [2.05, 4.69) is 15.3 Å². The number of hydrogen-bond donors (Lipinski definition) is 1. The largest absolute Gasteiger partial charge is 0.481 e. The minimum atomic E-state index is 0.582. The van der Waals surface area contributed by atoms with Crippen LogP contribution < -0.4 is 10.1 Å². The number of fused-ring (bicyclic) bond motifs is 1. The Bertz CT molecular complexity index is 712. The van der Waals surface area contributed by atoms with Gasteiger partial charge in [-0.15, -0.1) is 0 Å². The molecule has 0 atom stereocenters. The van der Waals surface area contributed by atoms with Gasteiger partial charge in [0.15, 0.2) is 0 Å². The number of anilines is 2. The molecule has 19 heavy (non-hydrogen) atoms. The van der Waals surface area contributed by atoms with E-state index >= 15 is 0 Å². The van der Waals surface area contributed by atoms with Crippen LogP contribution in [0.1, 0.15) is 0 Å². The SMILES string of the molecule is COc1cccc(Nc2cnc3ccccc3c2)n1. The molecule has 2 heterocycles. The zero-order chi connectivity index (χ0) is 13.1. The van der Waals surface area contributed by atoms with Crippen molar-refractivity contribution in [3.8, 4) is 5.88 Å². The standard InChI is InChI=1S/C15H13N3O/c1-19-15-8-4-7-14(18-15)17-12-9-11-5-2-3-6-13(11)16-10-12/h2-10H,1H3,(H,17,18). The maximum absolute atomic E-state index is 5.10. The summed E-state index contributed by atoms with van der Waals surface area (Å²) < 4.78 is 5.10. The zero-order valence-corrected chi connectivity index (χ0v) is 10.5. The van der Waals surface area contributed by atoms with Gasteiger partial charge >= 0.3 is 0 Å². The second kappa shape index (κ2) is 4.94. The number of para-hydroxylation sites is 1. The maximum Gasteiger partial charge on any atom is 0.214 e. The van der Waals surface area contributed by atoms with Crippen LogP contribution in [0.3, 0.4) is 0 Å². The predicted octanol–water partition coefficient (Wildman–Crippen LogP) is 3.38. The summed E-state index contributed by atoms with van der Waals surface area (Å²) in [6.45, 7) is 0. The molecule has 0 bridgehead atoms. The maximum atomic E-state index is 5.10. The van der Waals surface area contributed by atoms with E-state index in [1.54, 1.807) is 13.3 Å². The average Bonchev–Trinajstić information content (AvgIpc) is 2.47. The molecule has 0 aliphatic carbocycles. The molecule has 0 unspecified atom stereocenters. The van der Waals surface area contributed by atoms with E-state index in [0.717, 1.165) is 22.4 Å². The number of benzene rings is 1. The van der Waals surface area contributed by atoms with Crippen molar-refractivity contribution in [1.82, 2.24) is 9.97 Å². The van der Waals surface area contributed by atoms with Crippen LogP contribution in [0.2, 0.25) is 0 Å². The fourth-order valence-electron chi connectivity index (χ4n) is 1.89. The van der Waals surface area contributed by atoms with Gasteiger partial charge in [0.2, 0.25) is 5.88 Å². The Morgan fingerprint density at radius 3 is 2.84 bits per heavy atom. The highest BCUT2D eigenvalue weighted by Crippen LogP contribution is 2.20. The van der Waals surface area contributed by atoms with Crippen molar-refractivity contribution < 1.29 is 4.74 Å². The molecule has 0 saturated carbocycles. The molecule has 0 saturated heterocycles. The predicted molar refractivity (Wildman–Crippen MR) is 75.8 cm³/mol. The van der Waals surface area contributed by atoms with Crippen LogP contribution in [-0.2, 0) is 0 Å². The van der Waals surface area contributed by atoms with Gasteiger partial charge < -0.3 is 10.1 Å². The molecule has 0 spiro atoms. The van der Waals surface area contributed by atoms with Crippen molar-refractivity contribution in [2.24, 2.45) is 0 Å². The van der Waals surface area contributed by atoms with Gasteiger partial charge in [-0.1, -0.05) is 24.3 Å². The number of nitrogens with zero attached hydrogens (tertiary/aromatic N) is 2. The van der Waals surface area contributed by atoms with E-state index in [1.807, 2.05) is 48.5 Å². The second-order valence-electron chi connectivity index (χ2n) is 4.11. The summed E-state index contributed by atoms with van der Waals surface area (Å²) in [5.74, 6) is 1.31. The van der Waals surface area contributed by atoms with Gasteiger partial charge in [0.1, 0.15) is 5.82 Å². The molecule has 0 fully saturated rings. The molecular formula is C15H13N3O. The summed E-state index contributed by atoms with van der Waals surface area (Å²) >= 11 is 0. The number of methoxy groups -OCH3 is 1. The van der Waals surface area contributed by atoms with Gasteiger partial charge in [-0.25, -0.2) is 0 Å². The third kappa shape index (κ3) is 2.47. The molecular weight excluding hydrogens is 238 g/mol. The van der Waals surface area contributed by atoms with Crippen molar-refractivity contribution in [3.63, 3.8) is 0 Å². The molecule has 1 aromatic carbocycles. The fourth-order valence-corrected chi connectivity index (χ4v) is 1.89. The molecule has 0 radical (unpaired) electrons. The van der Waals surface area contributed by atoms with E-state index in [-0.39, 0.29) is 0 Å². The minimum absolute atomic E-state index is 0.582. The lowest BCUT2D eigenvalue weighted by Crippen LogP contribution is -1.96. The van der Waals surface area contributed by atoms with E-state index < -0.39 is 0 Å². The van der Waals surface area contributed by atoms with Crippen LogP contribution in [0.4, 0.5) is 11.5 Å². The quantitative estimate of drug-likeness (QED) is 0.775. The van der Waals surface area contributed by atoms with Crippen molar-refractivity contribution in [2.75, 3.05) is 12.4 Å². The Morgan fingerprint density at radius 1 is 1.05 bits per heavy atom. The van der Waals surface area contributed by atoms with Crippen molar-refractivity contribution in [1.29, 1.82) is 0 Å². The van der Waals surface area contributed by atoms with Crippen molar-refractivity contribution >= 4 is 22.4 Å².